The van der Waals surface area contributed by atoms with E-state index >= 15 is 0 Å². The molecule has 9 nitrogen and oxygen atoms in total. The summed E-state index contributed by atoms with van der Waals surface area (Å²) in [5.41, 5.74) is -4.88. The second kappa shape index (κ2) is 8.98. The highest BCUT2D eigenvalue weighted by Gasteiger charge is 2.87. The van der Waals surface area contributed by atoms with Gasteiger partial charge in [-0.15, -0.1) is 0 Å². The van der Waals surface area contributed by atoms with E-state index in [4.69, 9.17) is 9.47 Å². The summed E-state index contributed by atoms with van der Waals surface area (Å²) in [4.78, 5) is 41.1. The lowest BCUT2D eigenvalue weighted by atomic mass is 9.59. The van der Waals surface area contributed by atoms with E-state index in [2.05, 4.69) is 0 Å². The van der Waals surface area contributed by atoms with Crippen LogP contribution in [-0.2, 0) is 23.9 Å². The van der Waals surface area contributed by atoms with Crippen LogP contribution in [0.15, 0.2) is 23.3 Å². The number of carbonyl (C=O) groups excluding carboxylic acids is 3. The van der Waals surface area contributed by atoms with Crippen LogP contribution in [0.1, 0.15) is 54.9 Å². The van der Waals surface area contributed by atoms with Gasteiger partial charge in [0.1, 0.15) is 17.7 Å². The first-order chi connectivity index (χ1) is 17.4. The summed E-state index contributed by atoms with van der Waals surface area (Å²) in [6.07, 6.45) is 2.19. The number of rotatable bonds is 6. The molecular formula is C29H43NO8. The number of aliphatic hydroxyl groups is 3. The van der Waals surface area contributed by atoms with Gasteiger partial charge in [0, 0.05) is 42.4 Å². The standard InChI is InChI=1S/C29H43NO8/c1-14(2)21(30(8)9)25(34)37-24-16(4)28(36)19(22-26(6,7)29(22,24)38-17(5)32)11-18(13-31)12-27(35)20(28)10-15(3)23(27)33/h10-11,14,16,19-22,24,31,35-36H,12-13H2,1-9H3/t16-,19+,20-,21-,22-,24-,27+,28-,29-/m1/s1. The van der Waals surface area contributed by atoms with Gasteiger partial charge in [0.2, 0.25) is 0 Å². The maximum atomic E-state index is 13.6. The lowest BCUT2D eigenvalue weighted by Crippen LogP contribution is -2.66. The molecule has 0 aromatic rings. The van der Waals surface area contributed by atoms with Crippen LogP contribution in [0.2, 0.25) is 0 Å². The summed E-state index contributed by atoms with van der Waals surface area (Å²) in [6.45, 7) is 11.9. The molecule has 2 fully saturated rings. The fraction of sp³-hybridized carbons (Fsp3) is 0.759. The molecule has 0 saturated heterocycles. The fourth-order valence-corrected chi connectivity index (χ4v) is 8.34. The molecular weight excluding hydrogens is 490 g/mol. The number of hydrogen-bond acceptors (Lipinski definition) is 9. The summed E-state index contributed by atoms with van der Waals surface area (Å²) in [7, 11) is 3.58. The van der Waals surface area contributed by atoms with Crippen LogP contribution in [0, 0.1) is 35.0 Å². The van der Waals surface area contributed by atoms with Crippen LogP contribution in [0.25, 0.3) is 0 Å². The molecule has 4 aliphatic rings. The lowest BCUT2D eigenvalue weighted by molar-refractivity contribution is -0.230. The van der Waals surface area contributed by atoms with E-state index in [0.29, 0.717) is 11.1 Å². The molecule has 9 atom stereocenters. The first-order valence-electron chi connectivity index (χ1n) is 13.5. The number of hydrogen-bond donors (Lipinski definition) is 3. The second-order valence-corrected chi connectivity index (χ2v) is 13.0. The molecule has 0 amide bonds. The SMILES string of the molecule is CC(=O)O[C@@]12[C@H](OC(=O)[C@@H](C(C)C)N(C)C)[C@@H](C)[C@@]3(O)[C@@H](C=C(CO)C[C@@]4(O)C(=O)C(C)=C[C@@H]34)[C@@H]1C2(C)C. The number of ether oxygens (including phenoxy) is 2. The van der Waals surface area contributed by atoms with Crippen molar-refractivity contribution in [2.75, 3.05) is 20.7 Å². The van der Waals surface area contributed by atoms with E-state index < -0.39 is 82.4 Å². The van der Waals surface area contributed by atoms with Gasteiger partial charge in [-0.1, -0.05) is 46.8 Å². The Hall–Kier alpha value is -2.07. The Bertz CT molecular complexity index is 1100. The molecule has 0 aliphatic heterocycles. The maximum Gasteiger partial charge on any atom is 0.324 e. The van der Waals surface area contributed by atoms with Crippen molar-refractivity contribution in [1.82, 2.24) is 4.90 Å². The Kier molecular flexibility index (Phi) is 6.83. The van der Waals surface area contributed by atoms with Gasteiger partial charge in [-0.2, -0.15) is 0 Å². The minimum Gasteiger partial charge on any atom is -0.456 e. The van der Waals surface area contributed by atoms with Crippen LogP contribution < -0.4 is 0 Å². The number of Topliss-reactive ketones (excluding diaryl/α,β-unsaturated/α-hetero) is 1. The van der Waals surface area contributed by atoms with Crippen LogP contribution in [0.5, 0.6) is 0 Å². The first-order valence-corrected chi connectivity index (χ1v) is 13.5. The largest absolute Gasteiger partial charge is 0.456 e. The van der Waals surface area contributed by atoms with Crippen molar-refractivity contribution in [3.05, 3.63) is 23.3 Å². The quantitative estimate of drug-likeness (QED) is 0.344. The van der Waals surface area contributed by atoms with Gasteiger partial charge in [0.15, 0.2) is 11.4 Å². The number of aliphatic hydroxyl groups excluding tert-OH is 1. The van der Waals surface area contributed by atoms with Crippen LogP contribution in [0.4, 0.5) is 0 Å². The summed E-state index contributed by atoms with van der Waals surface area (Å²) in [6, 6.07) is -0.577. The first kappa shape index (κ1) is 28.9. The van der Waals surface area contributed by atoms with Gasteiger partial charge < -0.3 is 24.8 Å². The van der Waals surface area contributed by atoms with E-state index in [0.717, 1.165) is 0 Å². The minimum atomic E-state index is -1.95. The highest BCUT2D eigenvalue weighted by Crippen LogP contribution is 2.77. The molecule has 38 heavy (non-hydrogen) atoms. The number of esters is 2. The topological polar surface area (TPSA) is 134 Å². The van der Waals surface area contributed by atoms with Gasteiger partial charge in [-0.3, -0.25) is 19.3 Å². The summed E-state index contributed by atoms with van der Waals surface area (Å²) in [5.74, 6) is -4.63. The lowest BCUT2D eigenvalue weighted by Gasteiger charge is -2.53. The van der Waals surface area contributed by atoms with Gasteiger partial charge >= 0.3 is 11.9 Å². The Labute approximate surface area is 224 Å². The van der Waals surface area contributed by atoms with Gasteiger partial charge in [0.05, 0.1) is 12.2 Å². The predicted molar refractivity (Wildman–Crippen MR) is 139 cm³/mol. The second-order valence-electron chi connectivity index (χ2n) is 13.0. The Morgan fingerprint density at radius 2 is 1.79 bits per heavy atom. The van der Waals surface area contributed by atoms with Gasteiger partial charge in [-0.25, -0.2) is 0 Å². The third kappa shape index (κ3) is 3.61. The molecule has 3 N–H and O–H groups in total. The molecule has 212 valence electrons. The number of carbonyl (C=O) groups is 3. The van der Waals surface area contributed by atoms with E-state index in [-0.39, 0.29) is 12.3 Å². The summed E-state index contributed by atoms with van der Waals surface area (Å²) < 4.78 is 12.3. The van der Waals surface area contributed by atoms with E-state index in [1.165, 1.54) is 6.92 Å². The van der Waals surface area contributed by atoms with Crippen LogP contribution >= 0.6 is 0 Å². The molecule has 0 bridgehead atoms. The van der Waals surface area contributed by atoms with Crippen LogP contribution in [0.3, 0.4) is 0 Å². The molecule has 9 heteroatoms. The Morgan fingerprint density at radius 1 is 1.18 bits per heavy atom. The highest BCUT2D eigenvalue weighted by molar-refractivity contribution is 6.04. The maximum absolute atomic E-state index is 13.6. The van der Waals surface area contributed by atoms with E-state index in [1.54, 1.807) is 45.0 Å². The van der Waals surface area contributed by atoms with Gasteiger partial charge in [-0.05, 0) is 38.1 Å². The number of ketones is 1. The molecule has 0 radical (unpaired) electrons. The van der Waals surface area contributed by atoms with E-state index in [1.807, 2.05) is 27.7 Å². The monoisotopic (exact) mass is 533 g/mol. The van der Waals surface area contributed by atoms with Gasteiger partial charge in [0.25, 0.3) is 0 Å². The van der Waals surface area contributed by atoms with Crippen molar-refractivity contribution in [3.63, 3.8) is 0 Å². The van der Waals surface area contributed by atoms with Crippen molar-refractivity contribution in [2.24, 2.45) is 35.0 Å². The molecule has 0 aromatic carbocycles. The van der Waals surface area contributed by atoms with Crippen molar-refractivity contribution >= 4 is 17.7 Å². The predicted octanol–water partition coefficient (Wildman–Crippen LogP) is 1.64. The number of likely N-dealkylation sites (N-methyl/N-ethyl adjacent to an activating group) is 1. The van der Waals surface area contributed by atoms with Crippen molar-refractivity contribution in [2.45, 2.75) is 83.8 Å². The molecule has 0 spiro atoms. The third-order valence-electron chi connectivity index (χ3n) is 9.94. The Balaban J connectivity index is 1.93. The summed E-state index contributed by atoms with van der Waals surface area (Å²) >= 11 is 0. The molecule has 0 unspecified atom stereocenters. The molecule has 2 saturated carbocycles. The molecule has 0 aromatic heterocycles. The van der Waals surface area contributed by atoms with E-state index in [9.17, 15) is 29.7 Å². The highest BCUT2D eigenvalue weighted by atomic mass is 16.6. The average Bonchev–Trinajstić information content (AvgIpc) is 3.21. The average molecular weight is 534 g/mol. The molecule has 0 heterocycles. The Morgan fingerprint density at radius 3 is 2.29 bits per heavy atom. The minimum absolute atomic E-state index is 0.0732. The molecule has 4 rings (SSSR count). The zero-order valence-electron chi connectivity index (χ0n) is 23.9. The van der Waals surface area contributed by atoms with Crippen molar-refractivity contribution in [3.8, 4) is 0 Å². The summed E-state index contributed by atoms with van der Waals surface area (Å²) in [5, 5.41) is 34.7. The van der Waals surface area contributed by atoms with Crippen LogP contribution in [-0.4, -0.2) is 87.6 Å². The third-order valence-corrected chi connectivity index (χ3v) is 9.94. The molecule has 4 aliphatic carbocycles. The number of nitrogens with zero attached hydrogens (tertiary/aromatic N) is 1. The number of fused-ring (bicyclic) bond motifs is 5. The normalized spacial score (nSPS) is 41.8. The van der Waals surface area contributed by atoms with Crippen molar-refractivity contribution < 1.29 is 39.2 Å². The smallest absolute Gasteiger partial charge is 0.324 e. The zero-order valence-corrected chi connectivity index (χ0v) is 23.9. The fourth-order valence-electron chi connectivity index (χ4n) is 8.34. The van der Waals surface area contributed by atoms with Crippen molar-refractivity contribution in [1.29, 1.82) is 0 Å². The zero-order chi connectivity index (χ0) is 28.7.